The lowest BCUT2D eigenvalue weighted by molar-refractivity contribution is -0.120. The van der Waals surface area contributed by atoms with Crippen LogP contribution < -0.4 is 5.32 Å². The Morgan fingerprint density at radius 3 is 2.88 bits per heavy atom. The number of aromatic nitrogens is 3. The fourth-order valence-corrected chi connectivity index (χ4v) is 3.97. The number of nitrogens with zero attached hydrogens (tertiary/aromatic N) is 3. The lowest BCUT2D eigenvalue weighted by atomic mass is 9.89. The van der Waals surface area contributed by atoms with Gasteiger partial charge in [-0.1, -0.05) is 43.2 Å². The third kappa shape index (κ3) is 4.60. The van der Waals surface area contributed by atoms with Crippen molar-refractivity contribution in [2.24, 2.45) is 5.92 Å². The summed E-state index contributed by atoms with van der Waals surface area (Å²) < 4.78 is 15.6. The number of rotatable bonds is 6. The van der Waals surface area contributed by atoms with E-state index in [1.807, 2.05) is 6.92 Å². The number of para-hydroxylation sites is 1. The van der Waals surface area contributed by atoms with Gasteiger partial charge in [-0.2, -0.15) is 0 Å². The number of benzene rings is 1. The van der Waals surface area contributed by atoms with Crippen LogP contribution in [-0.2, 0) is 4.79 Å². The number of carbonyl (C=O) groups excluding carboxylic acids is 1. The second-order valence-electron chi connectivity index (χ2n) is 6.44. The molecule has 0 aliphatic heterocycles. The van der Waals surface area contributed by atoms with Gasteiger partial charge in [-0.15, -0.1) is 10.2 Å². The van der Waals surface area contributed by atoms with E-state index in [1.54, 1.807) is 22.8 Å². The summed E-state index contributed by atoms with van der Waals surface area (Å²) >= 11 is 1.29. The Hall–Kier alpha value is -1.89. The normalized spacial score (nSPS) is 16.6. The van der Waals surface area contributed by atoms with E-state index in [0.29, 0.717) is 16.8 Å². The van der Waals surface area contributed by atoms with Crippen molar-refractivity contribution in [2.45, 2.75) is 49.4 Å². The molecule has 1 aromatic heterocycles. The van der Waals surface area contributed by atoms with Crippen molar-refractivity contribution < 1.29 is 9.18 Å². The molecule has 1 fully saturated rings. The first-order valence-electron chi connectivity index (χ1n) is 8.74. The van der Waals surface area contributed by atoms with Crippen LogP contribution in [0.4, 0.5) is 4.39 Å². The van der Waals surface area contributed by atoms with Gasteiger partial charge in [0.1, 0.15) is 12.1 Å². The zero-order chi connectivity index (χ0) is 17.6. The van der Waals surface area contributed by atoms with Gasteiger partial charge >= 0.3 is 0 Å². The van der Waals surface area contributed by atoms with Crippen molar-refractivity contribution in [1.82, 2.24) is 20.1 Å². The average molecular weight is 362 g/mol. The molecule has 25 heavy (non-hydrogen) atoms. The lowest BCUT2D eigenvalue weighted by Crippen LogP contribution is -2.35. The van der Waals surface area contributed by atoms with Crippen LogP contribution in [0, 0.1) is 11.7 Å². The van der Waals surface area contributed by atoms with Gasteiger partial charge in [0, 0.05) is 6.54 Å². The first kappa shape index (κ1) is 17.9. The fraction of sp³-hybridized carbons (Fsp3) is 0.500. The van der Waals surface area contributed by atoms with E-state index in [0.717, 1.165) is 6.54 Å². The quantitative estimate of drug-likeness (QED) is 0.798. The Bertz CT molecular complexity index is 715. The zero-order valence-electron chi connectivity index (χ0n) is 14.3. The van der Waals surface area contributed by atoms with Crippen LogP contribution in [0.15, 0.2) is 35.7 Å². The van der Waals surface area contributed by atoms with Crippen LogP contribution in [0.2, 0.25) is 0 Å². The molecule has 2 aromatic rings. The number of hydrogen-bond acceptors (Lipinski definition) is 4. The molecule has 1 aliphatic carbocycles. The smallest absolute Gasteiger partial charge is 0.233 e. The van der Waals surface area contributed by atoms with Crippen LogP contribution >= 0.6 is 11.8 Å². The molecular weight excluding hydrogens is 339 g/mol. The standard InChI is InChI=1S/C18H23FN4OS/c1-13(17(24)20-11-14-7-3-2-4-8-14)25-18-22-21-12-23(18)16-10-6-5-9-15(16)19/h5-6,9-10,12-14H,2-4,7-8,11H2,1H3,(H,20,24)/t13-/m1/s1. The molecule has 1 N–H and O–H groups in total. The van der Waals surface area contributed by atoms with Gasteiger partial charge in [0.05, 0.1) is 10.9 Å². The highest BCUT2D eigenvalue weighted by Gasteiger charge is 2.21. The second kappa shape index (κ2) is 8.47. The SMILES string of the molecule is C[C@@H](Sc1nncn1-c1ccccc1F)C(=O)NCC1CCCCC1. The molecule has 134 valence electrons. The largest absolute Gasteiger partial charge is 0.355 e. The molecule has 0 spiro atoms. The number of nitrogens with one attached hydrogen (secondary N) is 1. The molecule has 0 bridgehead atoms. The Morgan fingerprint density at radius 2 is 2.12 bits per heavy atom. The van der Waals surface area contributed by atoms with Crippen LogP contribution in [0.1, 0.15) is 39.0 Å². The molecule has 0 radical (unpaired) electrons. The van der Waals surface area contributed by atoms with E-state index in [-0.39, 0.29) is 17.0 Å². The molecule has 0 unspecified atom stereocenters. The monoisotopic (exact) mass is 362 g/mol. The summed E-state index contributed by atoms with van der Waals surface area (Å²) in [7, 11) is 0. The number of amides is 1. The topological polar surface area (TPSA) is 59.8 Å². The molecule has 7 heteroatoms. The minimum atomic E-state index is -0.349. The molecule has 5 nitrogen and oxygen atoms in total. The summed E-state index contributed by atoms with van der Waals surface area (Å²) in [6.45, 7) is 2.57. The number of thioether (sulfide) groups is 1. The maximum atomic E-state index is 14.0. The van der Waals surface area contributed by atoms with Crippen molar-refractivity contribution in [3.8, 4) is 5.69 Å². The predicted octanol–water partition coefficient (Wildman–Crippen LogP) is 3.58. The van der Waals surface area contributed by atoms with E-state index in [4.69, 9.17) is 0 Å². The summed E-state index contributed by atoms with van der Waals surface area (Å²) in [5, 5.41) is 11.1. The molecular formula is C18H23FN4OS. The summed E-state index contributed by atoms with van der Waals surface area (Å²) in [6, 6.07) is 6.45. The van der Waals surface area contributed by atoms with Gasteiger partial charge in [0.25, 0.3) is 0 Å². The van der Waals surface area contributed by atoms with Crippen molar-refractivity contribution in [1.29, 1.82) is 0 Å². The van der Waals surface area contributed by atoms with Crippen molar-refractivity contribution in [3.63, 3.8) is 0 Å². The third-order valence-electron chi connectivity index (χ3n) is 4.57. The molecule has 0 saturated heterocycles. The van der Waals surface area contributed by atoms with Crippen LogP contribution in [0.5, 0.6) is 0 Å². The van der Waals surface area contributed by atoms with Crippen molar-refractivity contribution >= 4 is 17.7 Å². The minimum Gasteiger partial charge on any atom is -0.355 e. The minimum absolute atomic E-state index is 0.0151. The number of hydrogen-bond donors (Lipinski definition) is 1. The Balaban J connectivity index is 1.59. The maximum Gasteiger partial charge on any atom is 0.233 e. The number of carbonyl (C=O) groups is 1. The number of halogens is 1. The summed E-state index contributed by atoms with van der Waals surface area (Å²) in [4.78, 5) is 12.4. The van der Waals surface area contributed by atoms with Crippen LogP contribution in [-0.4, -0.2) is 32.5 Å². The Morgan fingerprint density at radius 1 is 1.36 bits per heavy atom. The average Bonchev–Trinajstić information content (AvgIpc) is 3.08. The molecule has 1 aliphatic rings. The highest BCUT2D eigenvalue weighted by atomic mass is 32.2. The van der Waals surface area contributed by atoms with Crippen LogP contribution in [0.25, 0.3) is 5.69 Å². The van der Waals surface area contributed by atoms with Gasteiger partial charge in [0.2, 0.25) is 5.91 Å². The second-order valence-corrected chi connectivity index (χ2v) is 7.75. The molecule has 1 atom stereocenters. The predicted molar refractivity (Wildman–Crippen MR) is 96.2 cm³/mol. The zero-order valence-corrected chi connectivity index (χ0v) is 15.1. The van der Waals surface area contributed by atoms with Crippen molar-refractivity contribution in [2.75, 3.05) is 6.54 Å². The van der Waals surface area contributed by atoms with Gasteiger partial charge in [0.15, 0.2) is 5.16 Å². The molecule has 1 heterocycles. The highest BCUT2D eigenvalue weighted by molar-refractivity contribution is 8.00. The van der Waals surface area contributed by atoms with E-state index >= 15 is 0 Å². The van der Waals surface area contributed by atoms with E-state index in [1.165, 1.54) is 56.3 Å². The van der Waals surface area contributed by atoms with E-state index in [2.05, 4.69) is 15.5 Å². The molecule has 1 aromatic carbocycles. The first-order chi connectivity index (χ1) is 12.1. The van der Waals surface area contributed by atoms with Gasteiger partial charge < -0.3 is 5.32 Å². The van der Waals surface area contributed by atoms with Gasteiger partial charge in [-0.3, -0.25) is 9.36 Å². The summed E-state index contributed by atoms with van der Waals surface area (Å²) in [6.07, 6.45) is 7.69. The van der Waals surface area contributed by atoms with Crippen molar-refractivity contribution in [3.05, 3.63) is 36.4 Å². The summed E-state index contributed by atoms with van der Waals surface area (Å²) in [5.74, 6) is 0.231. The Kier molecular flexibility index (Phi) is 6.07. The van der Waals surface area contributed by atoms with E-state index in [9.17, 15) is 9.18 Å². The Labute approximate surface area is 151 Å². The molecule has 1 amide bonds. The van der Waals surface area contributed by atoms with Gasteiger partial charge in [-0.25, -0.2) is 4.39 Å². The maximum absolute atomic E-state index is 14.0. The molecule has 3 rings (SSSR count). The third-order valence-corrected chi connectivity index (χ3v) is 5.63. The molecule has 1 saturated carbocycles. The first-order valence-corrected chi connectivity index (χ1v) is 9.62. The fourth-order valence-electron chi connectivity index (χ4n) is 3.11. The van der Waals surface area contributed by atoms with E-state index < -0.39 is 0 Å². The van der Waals surface area contributed by atoms with Gasteiger partial charge in [-0.05, 0) is 37.8 Å². The van der Waals surface area contributed by atoms with Crippen LogP contribution in [0.3, 0.4) is 0 Å². The highest BCUT2D eigenvalue weighted by Crippen LogP contribution is 2.26. The lowest BCUT2D eigenvalue weighted by Gasteiger charge is -2.22. The summed E-state index contributed by atoms with van der Waals surface area (Å²) in [5.41, 5.74) is 0.379.